The predicted octanol–water partition coefficient (Wildman–Crippen LogP) is 5.10. The van der Waals surface area contributed by atoms with Crippen molar-refractivity contribution in [3.05, 3.63) is 41.1 Å². The van der Waals surface area contributed by atoms with Gasteiger partial charge in [0.2, 0.25) is 5.60 Å². The Morgan fingerprint density at radius 3 is 2.39 bits per heavy atom. The molecular formula is C39H55N6O10P. The molecule has 0 bridgehead atoms. The molecule has 3 aliphatic heterocycles. The third-order valence-electron chi connectivity index (χ3n) is 10.5. The fraction of sp³-hybridized carbons (Fsp3) is 0.641. The second-order valence-electron chi connectivity index (χ2n) is 15.2. The van der Waals surface area contributed by atoms with Gasteiger partial charge in [0.1, 0.15) is 36.3 Å². The number of nitrogens with two attached hydrogens (primary N) is 1. The number of fused-ring (bicyclic) bond motifs is 2. The van der Waals surface area contributed by atoms with E-state index in [0.717, 1.165) is 44.1 Å². The van der Waals surface area contributed by atoms with Crippen molar-refractivity contribution in [2.75, 3.05) is 13.2 Å². The summed E-state index contributed by atoms with van der Waals surface area (Å²) in [4.78, 5) is 43.8. The van der Waals surface area contributed by atoms with E-state index in [1.54, 1.807) is 39.8 Å². The van der Waals surface area contributed by atoms with Crippen LogP contribution in [0.1, 0.15) is 91.7 Å². The highest BCUT2D eigenvalue weighted by Crippen LogP contribution is 2.49. The van der Waals surface area contributed by atoms with Crippen molar-refractivity contribution in [1.82, 2.24) is 10.1 Å². The molecule has 1 saturated heterocycles. The van der Waals surface area contributed by atoms with Crippen LogP contribution in [0.25, 0.3) is 0 Å². The number of esters is 3. The van der Waals surface area contributed by atoms with Gasteiger partial charge in [-0.15, -0.1) is 0 Å². The maximum atomic E-state index is 14.8. The average molecular weight is 799 g/mol. The topological polar surface area (TPSA) is 213 Å². The summed E-state index contributed by atoms with van der Waals surface area (Å²) in [5, 5.41) is 19.5. The first-order valence-electron chi connectivity index (χ1n) is 19.5. The van der Waals surface area contributed by atoms with E-state index in [4.69, 9.17) is 33.7 Å². The van der Waals surface area contributed by atoms with Gasteiger partial charge in [-0.05, 0) is 68.2 Å². The van der Waals surface area contributed by atoms with Gasteiger partial charge in [-0.3, -0.25) is 23.9 Å². The Morgan fingerprint density at radius 2 is 1.73 bits per heavy atom. The highest BCUT2D eigenvalue weighted by Gasteiger charge is 2.66. The van der Waals surface area contributed by atoms with Gasteiger partial charge in [-0.1, -0.05) is 66.5 Å². The smallest absolute Gasteiger partial charge is 0.459 e. The van der Waals surface area contributed by atoms with Crippen LogP contribution in [0.5, 0.6) is 5.75 Å². The number of nitriles is 1. The summed E-state index contributed by atoms with van der Waals surface area (Å²) in [5.41, 5.74) is 6.78. The Bertz CT molecular complexity index is 1810. The molecule has 16 nitrogen and oxygen atoms in total. The van der Waals surface area contributed by atoms with Crippen molar-refractivity contribution in [1.29, 1.82) is 5.26 Å². The molecule has 306 valence electrons. The van der Waals surface area contributed by atoms with Crippen LogP contribution in [0.3, 0.4) is 0 Å². The number of nitrogens with one attached hydrogen (secondary N) is 1. The predicted molar refractivity (Wildman–Crippen MR) is 206 cm³/mol. The van der Waals surface area contributed by atoms with Gasteiger partial charge in [0.15, 0.2) is 18.0 Å². The van der Waals surface area contributed by atoms with Crippen LogP contribution in [0.2, 0.25) is 0 Å². The Labute approximate surface area is 328 Å². The summed E-state index contributed by atoms with van der Waals surface area (Å²) >= 11 is 0. The zero-order valence-corrected chi connectivity index (χ0v) is 34.2. The molecule has 5 rings (SSSR count). The number of hydrazone groups is 1. The Morgan fingerprint density at radius 1 is 1.05 bits per heavy atom. The number of carbonyl (C=O) groups is 3. The number of ether oxygens (including phenoxy) is 4. The maximum absolute atomic E-state index is 14.8. The number of hydrogen-bond acceptors (Lipinski definition) is 15. The lowest BCUT2D eigenvalue weighted by Gasteiger charge is -2.38. The molecule has 0 spiro atoms. The van der Waals surface area contributed by atoms with E-state index in [1.165, 1.54) is 23.8 Å². The molecule has 7 atom stereocenters. The van der Waals surface area contributed by atoms with Gasteiger partial charge in [0, 0.05) is 0 Å². The lowest BCUT2D eigenvalue weighted by atomic mass is 9.86. The number of aryl methyl sites for hydroxylation is 2. The summed E-state index contributed by atoms with van der Waals surface area (Å²) < 4.78 is 51.1. The highest BCUT2D eigenvalue weighted by molar-refractivity contribution is 7.52. The van der Waals surface area contributed by atoms with Crippen LogP contribution >= 0.6 is 7.75 Å². The first kappa shape index (κ1) is 42.8. The van der Waals surface area contributed by atoms with Crippen molar-refractivity contribution in [2.24, 2.45) is 33.6 Å². The highest BCUT2D eigenvalue weighted by atomic mass is 31.2. The van der Waals surface area contributed by atoms with Crippen molar-refractivity contribution >= 4 is 37.8 Å². The summed E-state index contributed by atoms with van der Waals surface area (Å²) in [5.74, 6) is -2.68. The fourth-order valence-corrected chi connectivity index (χ4v) is 8.52. The lowest BCUT2D eigenvalue weighted by molar-refractivity contribution is -0.174. The molecule has 1 aliphatic carbocycles. The van der Waals surface area contributed by atoms with Gasteiger partial charge in [-0.25, -0.2) is 9.56 Å². The minimum atomic E-state index is -4.49. The van der Waals surface area contributed by atoms with E-state index in [1.807, 2.05) is 26.0 Å². The van der Waals surface area contributed by atoms with Crippen LogP contribution in [0, 0.1) is 29.1 Å². The molecule has 0 amide bonds. The molecule has 1 fully saturated rings. The Kier molecular flexibility index (Phi) is 14.0. The molecule has 0 radical (unpaired) electrons. The average Bonchev–Trinajstić information content (AvgIpc) is 3.74. The molecule has 3 N–H and O–H groups in total. The van der Waals surface area contributed by atoms with Gasteiger partial charge in [0.25, 0.3) is 0 Å². The zero-order chi connectivity index (χ0) is 40.8. The van der Waals surface area contributed by atoms with E-state index in [0.29, 0.717) is 5.70 Å². The SMILES string of the molecule is CCC(CC)COC(=O)[C@H](C)NP(=O)(OC[C@H]1O[C@@](C#N)(C2CC=C3C(N)=NC=NN32)[C@H](OC(=O)C(C)C)[C@@H]1OC(=O)C(C)C)Oc1ccc2c(c1)CCCC2. The molecular weight excluding hydrogens is 743 g/mol. The second-order valence-corrected chi connectivity index (χ2v) is 16.9. The first-order chi connectivity index (χ1) is 26.6. The fourth-order valence-electron chi connectivity index (χ4n) is 7.03. The van der Waals surface area contributed by atoms with Crippen LogP contribution in [0.4, 0.5) is 0 Å². The number of aliphatic imine (C=N–C) groups is 1. The zero-order valence-electron chi connectivity index (χ0n) is 33.3. The number of rotatable bonds is 17. The normalized spacial score (nSPS) is 25.8. The monoisotopic (exact) mass is 798 g/mol. The molecule has 56 heavy (non-hydrogen) atoms. The van der Waals surface area contributed by atoms with Crippen LogP contribution < -0.4 is 15.3 Å². The van der Waals surface area contributed by atoms with Gasteiger partial charge in [0.05, 0.1) is 30.7 Å². The molecule has 0 saturated carbocycles. The van der Waals surface area contributed by atoms with E-state index in [9.17, 15) is 24.2 Å². The minimum absolute atomic E-state index is 0.158. The van der Waals surface area contributed by atoms with Crippen LogP contribution in [0.15, 0.2) is 40.1 Å². The van der Waals surface area contributed by atoms with E-state index >= 15 is 0 Å². The van der Waals surface area contributed by atoms with E-state index < -0.39 is 80.1 Å². The third-order valence-corrected chi connectivity index (χ3v) is 12.2. The van der Waals surface area contributed by atoms with Crippen molar-refractivity contribution in [3.63, 3.8) is 0 Å². The number of carbonyl (C=O) groups excluding carboxylic acids is 3. The van der Waals surface area contributed by atoms with Crippen molar-refractivity contribution in [3.8, 4) is 11.8 Å². The second kappa shape index (κ2) is 18.3. The molecule has 0 aromatic heterocycles. The summed E-state index contributed by atoms with van der Waals surface area (Å²) in [6.45, 7) is 11.6. The standard InChI is InChI=1S/C39H55N6O10P/c1-8-26(9-2)19-50-38(48)25(7)44-56(49,55-29-15-14-27-12-10-11-13-28(27)18-29)51-20-31-33(52-36(46)23(3)4)34(53-37(47)24(5)6)39(21-40,54-31)32-17-16-30-35(41)42-22-43-45(30)32/h14-16,18,22-26,31-34H,8-13,17,19-20H2,1-7H3,(H,44,49)(H2,41,42,43)/t25-,31+,32?,33+,34+,39-,56?/m0/s1. The van der Waals surface area contributed by atoms with Gasteiger partial charge in [-0.2, -0.15) is 15.5 Å². The lowest BCUT2D eigenvalue weighted by Crippen LogP contribution is -2.58. The third kappa shape index (κ3) is 9.45. The van der Waals surface area contributed by atoms with Crippen LogP contribution in [-0.2, 0) is 55.3 Å². The number of hydrogen-bond donors (Lipinski definition) is 2. The Hall–Kier alpha value is -4.29. The minimum Gasteiger partial charge on any atom is -0.464 e. The summed E-state index contributed by atoms with van der Waals surface area (Å²) in [6, 6.07) is 5.57. The van der Waals surface area contributed by atoms with Crippen molar-refractivity contribution in [2.45, 2.75) is 129 Å². The molecule has 2 unspecified atom stereocenters. The molecule has 3 heterocycles. The molecule has 1 aromatic carbocycles. The number of nitrogens with zero attached hydrogens (tertiary/aromatic N) is 4. The van der Waals surface area contributed by atoms with Crippen LogP contribution in [-0.4, -0.2) is 84.3 Å². The largest absolute Gasteiger partial charge is 0.464 e. The Balaban J connectivity index is 1.49. The van der Waals surface area contributed by atoms with E-state index in [-0.39, 0.29) is 30.5 Å². The molecule has 4 aliphatic rings. The quantitative estimate of drug-likeness (QED) is 0.119. The number of benzene rings is 1. The van der Waals surface area contributed by atoms with Gasteiger partial charge >= 0.3 is 25.7 Å². The number of amidine groups is 1. The summed E-state index contributed by atoms with van der Waals surface area (Å²) in [6.07, 6.45) is 4.32. The van der Waals surface area contributed by atoms with E-state index in [2.05, 4.69) is 21.3 Å². The first-order valence-corrected chi connectivity index (χ1v) is 21.0. The van der Waals surface area contributed by atoms with Crippen molar-refractivity contribution < 1.29 is 46.9 Å². The van der Waals surface area contributed by atoms with Gasteiger partial charge < -0.3 is 29.2 Å². The molecule has 17 heteroatoms. The maximum Gasteiger partial charge on any atom is 0.459 e. The molecule has 1 aromatic rings. The summed E-state index contributed by atoms with van der Waals surface area (Å²) in [7, 11) is -4.49.